The van der Waals surface area contributed by atoms with E-state index in [2.05, 4.69) is 22.3 Å². The van der Waals surface area contributed by atoms with Crippen molar-refractivity contribution < 1.29 is 9.53 Å². The van der Waals surface area contributed by atoms with Crippen molar-refractivity contribution in [1.29, 1.82) is 0 Å². The number of piperidine rings is 1. The number of hydrogen-bond acceptors (Lipinski definition) is 4. The maximum atomic E-state index is 12.1. The molecule has 5 nitrogen and oxygen atoms in total. The molecule has 1 aliphatic rings. The van der Waals surface area contributed by atoms with Gasteiger partial charge in [0, 0.05) is 26.2 Å². The van der Waals surface area contributed by atoms with Crippen LogP contribution in [0.15, 0.2) is 24.3 Å². The first-order chi connectivity index (χ1) is 11.1. The summed E-state index contributed by atoms with van der Waals surface area (Å²) in [6.45, 7) is 7.82. The molecule has 3 N–H and O–H groups in total. The standard InChI is InChI=1S/C18H29N3O2.ClH/c1-14(2)23-17-7-3-5-15(11-17)12-21-10-4-6-16(13-21)18(22)20-9-8-19;/h3,5,7,11,14,16H,4,6,8-10,12-13,19H2,1-2H3,(H,20,22);1H. The molecule has 0 radical (unpaired) electrons. The van der Waals surface area contributed by atoms with Crippen LogP contribution in [0.4, 0.5) is 0 Å². The summed E-state index contributed by atoms with van der Waals surface area (Å²) in [6, 6.07) is 8.23. The number of halogens is 1. The van der Waals surface area contributed by atoms with E-state index in [1.165, 1.54) is 5.56 Å². The summed E-state index contributed by atoms with van der Waals surface area (Å²) >= 11 is 0. The van der Waals surface area contributed by atoms with E-state index in [9.17, 15) is 4.79 Å². The molecule has 1 aromatic rings. The smallest absolute Gasteiger partial charge is 0.224 e. The van der Waals surface area contributed by atoms with Crippen molar-refractivity contribution in [2.45, 2.75) is 39.3 Å². The number of benzene rings is 1. The van der Waals surface area contributed by atoms with E-state index in [0.29, 0.717) is 13.1 Å². The lowest BCUT2D eigenvalue weighted by Gasteiger charge is -2.32. The number of nitrogens with two attached hydrogens (primary N) is 1. The number of likely N-dealkylation sites (tertiary alicyclic amines) is 1. The Morgan fingerprint density at radius 2 is 2.25 bits per heavy atom. The third-order valence-corrected chi connectivity index (χ3v) is 4.00. The Hall–Kier alpha value is -1.30. The van der Waals surface area contributed by atoms with Gasteiger partial charge in [-0.05, 0) is 50.9 Å². The van der Waals surface area contributed by atoms with E-state index >= 15 is 0 Å². The molecular formula is C18H30ClN3O2. The Morgan fingerprint density at radius 3 is 2.96 bits per heavy atom. The number of amides is 1. The number of nitrogens with zero attached hydrogens (tertiary/aromatic N) is 1. The number of carbonyl (C=O) groups excluding carboxylic acids is 1. The molecule has 0 saturated carbocycles. The summed E-state index contributed by atoms with van der Waals surface area (Å²) in [7, 11) is 0. The van der Waals surface area contributed by atoms with Gasteiger partial charge >= 0.3 is 0 Å². The number of hydrogen-bond donors (Lipinski definition) is 2. The van der Waals surface area contributed by atoms with Gasteiger partial charge < -0.3 is 15.8 Å². The zero-order valence-electron chi connectivity index (χ0n) is 14.7. The highest BCUT2D eigenvalue weighted by molar-refractivity contribution is 5.85. The minimum absolute atomic E-state index is 0. The number of ether oxygens (including phenoxy) is 1. The van der Waals surface area contributed by atoms with Gasteiger partial charge in [-0.25, -0.2) is 0 Å². The zero-order chi connectivity index (χ0) is 16.7. The van der Waals surface area contributed by atoms with Gasteiger partial charge in [0.2, 0.25) is 5.91 Å². The summed E-state index contributed by atoms with van der Waals surface area (Å²) < 4.78 is 5.75. The predicted molar refractivity (Wildman–Crippen MR) is 99.5 cm³/mol. The van der Waals surface area contributed by atoms with Crippen molar-refractivity contribution >= 4 is 18.3 Å². The van der Waals surface area contributed by atoms with E-state index < -0.39 is 0 Å². The van der Waals surface area contributed by atoms with E-state index in [0.717, 1.165) is 38.2 Å². The van der Waals surface area contributed by atoms with Crippen molar-refractivity contribution in [2.24, 2.45) is 11.7 Å². The Morgan fingerprint density at radius 1 is 1.46 bits per heavy atom. The highest BCUT2D eigenvalue weighted by Crippen LogP contribution is 2.21. The van der Waals surface area contributed by atoms with Gasteiger partial charge in [-0.1, -0.05) is 12.1 Å². The van der Waals surface area contributed by atoms with E-state index in [1.54, 1.807) is 0 Å². The molecule has 1 atom stereocenters. The quantitative estimate of drug-likeness (QED) is 0.786. The summed E-state index contributed by atoms with van der Waals surface area (Å²) in [5.74, 6) is 1.12. The first-order valence-electron chi connectivity index (χ1n) is 8.54. The topological polar surface area (TPSA) is 67.6 Å². The van der Waals surface area contributed by atoms with E-state index in [1.807, 2.05) is 26.0 Å². The zero-order valence-corrected chi connectivity index (χ0v) is 15.5. The second-order valence-corrected chi connectivity index (χ2v) is 6.47. The second-order valence-electron chi connectivity index (χ2n) is 6.47. The van der Waals surface area contributed by atoms with Crippen molar-refractivity contribution in [3.63, 3.8) is 0 Å². The molecular weight excluding hydrogens is 326 g/mol. The van der Waals surface area contributed by atoms with Crippen LogP contribution < -0.4 is 15.8 Å². The molecule has 136 valence electrons. The van der Waals surface area contributed by atoms with Crippen molar-refractivity contribution in [3.05, 3.63) is 29.8 Å². The van der Waals surface area contributed by atoms with Gasteiger partial charge in [0.05, 0.1) is 12.0 Å². The fraction of sp³-hybridized carbons (Fsp3) is 0.611. The molecule has 0 spiro atoms. The van der Waals surface area contributed by atoms with Crippen molar-refractivity contribution in [2.75, 3.05) is 26.2 Å². The second kappa shape index (κ2) is 10.5. The average molecular weight is 356 g/mol. The summed E-state index contributed by atoms with van der Waals surface area (Å²) in [6.07, 6.45) is 2.20. The Balaban J connectivity index is 0.00000288. The lowest BCUT2D eigenvalue weighted by atomic mass is 9.96. The molecule has 1 amide bonds. The van der Waals surface area contributed by atoms with Crippen LogP contribution in [0.3, 0.4) is 0 Å². The summed E-state index contributed by atoms with van der Waals surface area (Å²) in [5.41, 5.74) is 6.68. The van der Waals surface area contributed by atoms with Gasteiger partial charge in [-0.2, -0.15) is 0 Å². The number of carbonyl (C=O) groups is 1. The molecule has 2 rings (SSSR count). The molecule has 1 fully saturated rings. The molecule has 0 bridgehead atoms. The molecule has 0 aliphatic carbocycles. The van der Waals surface area contributed by atoms with Crippen LogP contribution in [0.2, 0.25) is 0 Å². The van der Waals surface area contributed by atoms with Gasteiger partial charge in [0.25, 0.3) is 0 Å². The Bertz CT molecular complexity index is 511. The van der Waals surface area contributed by atoms with Crippen LogP contribution >= 0.6 is 12.4 Å². The van der Waals surface area contributed by atoms with Crippen molar-refractivity contribution in [1.82, 2.24) is 10.2 Å². The first-order valence-corrected chi connectivity index (χ1v) is 8.54. The largest absolute Gasteiger partial charge is 0.491 e. The third-order valence-electron chi connectivity index (χ3n) is 4.00. The maximum absolute atomic E-state index is 12.1. The number of rotatable bonds is 7. The minimum atomic E-state index is 0. The summed E-state index contributed by atoms with van der Waals surface area (Å²) in [5, 5.41) is 2.91. The van der Waals surface area contributed by atoms with Crippen LogP contribution in [0.1, 0.15) is 32.3 Å². The van der Waals surface area contributed by atoms with Crippen LogP contribution in [0, 0.1) is 5.92 Å². The molecule has 1 aromatic carbocycles. The highest BCUT2D eigenvalue weighted by Gasteiger charge is 2.25. The molecule has 0 aromatic heterocycles. The lowest BCUT2D eigenvalue weighted by Crippen LogP contribution is -2.43. The Kier molecular flexibility index (Phi) is 9.11. The van der Waals surface area contributed by atoms with Crippen LogP contribution in [0.25, 0.3) is 0 Å². The molecule has 6 heteroatoms. The normalized spacial score (nSPS) is 18.1. The molecule has 1 saturated heterocycles. The fourth-order valence-corrected chi connectivity index (χ4v) is 3.00. The minimum Gasteiger partial charge on any atom is -0.491 e. The van der Waals surface area contributed by atoms with Gasteiger partial charge in [0.1, 0.15) is 5.75 Å². The molecule has 1 unspecified atom stereocenters. The van der Waals surface area contributed by atoms with Crippen LogP contribution in [0.5, 0.6) is 5.75 Å². The SMILES string of the molecule is CC(C)Oc1cccc(CN2CCCC(C(=O)NCCN)C2)c1.Cl. The van der Waals surface area contributed by atoms with E-state index in [4.69, 9.17) is 10.5 Å². The Labute approximate surface area is 151 Å². The lowest BCUT2D eigenvalue weighted by molar-refractivity contribution is -0.126. The predicted octanol–water partition coefficient (Wildman–Crippen LogP) is 2.18. The number of nitrogens with one attached hydrogen (secondary N) is 1. The highest BCUT2D eigenvalue weighted by atomic mass is 35.5. The maximum Gasteiger partial charge on any atom is 0.224 e. The van der Waals surface area contributed by atoms with E-state index in [-0.39, 0.29) is 30.3 Å². The van der Waals surface area contributed by atoms with Crippen LogP contribution in [-0.2, 0) is 11.3 Å². The van der Waals surface area contributed by atoms with Crippen molar-refractivity contribution in [3.8, 4) is 5.75 Å². The fourth-order valence-electron chi connectivity index (χ4n) is 3.00. The third kappa shape index (κ3) is 6.67. The first kappa shape index (κ1) is 20.7. The van der Waals surface area contributed by atoms with Gasteiger partial charge in [-0.3, -0.25) is 9.69 Å². The monoisotopic (exact) mass is 355 g/mol. The van der Waals surface area contributed by atoms with Gasteiger partial charge in [0.15, 0.2) is 0 Å². The van der Waals surface area contributed by atoms with Crippen LogP contribution in [-0.4, -0.2) is 43.1 Å². The molecule has 1 heterocycles. The molecule has 1 aliphatic heterocycles. The molecule has 24 heavy (non-hydrogen) atoms. The summed E-state index contributed by atoms with van der Waals surface area (Å²) in [4.78, 5) is 14.5. The average Bonchev–Trinajstić information content (AvgIpc) is 2.52. The van der Waals surface area contributed by atoms with Gasteiger partial charge in [-0.15, -0.1) is 12.4 Å².